The smallest absolute Gasteiger partial charge is 0.187 e. The zero-order valence-corrected chi connectivity index (χ0v) is 9.97. The van der Waals surface area contributed by atoms with E-state index >= 15 is 0 Å². The van der Waals surface area contributed by atoms with Gasteiger partial charge in [0.1, 0.15) is 5.71 Å². The van der Waals surface area contributed by atoms with Gasteiger partial charge in [-0.15, -0.1) is 0 Å². The van der Waals surface area contributed by atoms with Crippen molar-refractivity contribution >= 4 is 27.4 Å². The van der Waals surface area contributed by atoms with Crippen LogP contribution in [0.15, 0.2) is 5.16 Å². The van der Waals surface area contributed by atoms with Crippen molar-refractivity contribution in [1.82, 2.24) is 0 Å². The molecule has 0 saturated heterocycles. The number of fused-ring (bicyclic) bond motifs is 2. The molecule has 0 aromatic heterocycles. The van der Waals surface area contributed by atoms with Gasteiger partial charge in [0.2, 0.25) is 0 Å². The number of hydrogen-bond acceptors (Lipinski definition) is 3. The highest BCUT2D eigenvalue weighted by molar-refractivity contribution is 9.09. The summed E-state index contributed by atoms with van der Waals surface area (Å²) in [7, 11) is 0. The number of Topliss-reactive ketones (excluding diaryl/α,β-unsaturated/α-hetero) is 1. The lowest BCUT2D eigenvalue weighted by atomic mass is 9.70. The molecule has 2 saturated carbocycles. The molecule has 78 valence electrons. The van der Waals surface area contributed by atoms with E-state index in [2.05, 4.69) is 28.0 Å². The maximum absolute atomic E-state index is 12.0. The number of halogens is 1. The van der Waals surface area contributed by atoms with Crippen molar-refractivity contribution < 1.29 is 10.0 Å². The van der Waals surface area contributed by atoms with Gasteiger partial charge < -0.3 is 5.21 Å². The SMILES string of the molecule is C[C@@]12CC[C@H](/C(=N\O)C1=O)[C@@]2(C)CBr. The second kappa shape index (κ2) is 2.81. The Kier molecular flexibility index (Phi) is 2.04. The predicted molar refractivity (Wildman–Crippen MR) is 57.0 cm³/mol. The van der Waals surface area contributed by atoms with E-state index in [0.717, 1.165) is 18.2 Å². The zero-order valence-electron chi connectivity index (χ0n) is 8.38. The molecule has 0 heterocycles. The molecule has 4 heteroatoms. The quantitative estimate of drug-likeness (QED) is 0.446. The van der Waals surface area contributed by atoms with Crippen molar-refractivity contribution in [3.05, 3.63) is 0 Å². The number of oxime groups is 1. The lowest BCUT2D eigenvalue weighted by Gasteiger charge is -2.33. The van der Waals surface area contributed by atoms with Gasteiger partial charge in [-0.25, -0.2) is 0 Å². The van der Waals surface area contributed by atoms with Gasteiger partial charge >= 0.3 is 0 Å². The van der Waals surface area contributed by atoms with Crippen LogP contribution in [0.2, 0.25) is 0 Å². The molecule has 2 aliphatic rings. The number of hydrogen-bond donors (Lipinski definition) is 1. The van der Waals surface area contributed by atoms with E-state index in [1.54, 1.807) is 0 Å². The van der Waals surface area contributed by atoms with E-state index in [9.17, 15) is 4.79 Å². The van der Waals surface area contributed by atoms with Gasteiger partial charge in [0.05, 0.1) is 0 Å². The molecule has 2 bridgehead atoms. The minimum Gasteiger partial charge on any atom is -0.411 e. The summed E-state index contributed by atoms with van der Waals surface area (Å²) in [4.78, 5) is 12.0. The molecule has 0 radical (unpaired) electrons. The Morgan fingerprint density at radius 1 is 1.64 bits per heavy atom. The normalized spacial score (nSPS) is 49.2. The van der Waals surface area contributed by atoms with Crippen molar-refractivity contribution in [2.45, 2.75) is 26.7 Å². The predicted octanol–water partition coefficient (Wildman–Crippen LogP) is 2.22. The lowest BCUT2D eigenvalue weighted by Crippen LogP contribution is -2.36. The topological polar surface area (TPSA) is 49.7 Å². The summed E-state index contributed by atoms with van der Waals surface area (Å²) < 4.78 is 0. The maximum atomic E-state index is 12.0. The van der Waals surface area contributed by atoms with Crippen molar-refractivity contribution in [2.75, 3.05) is 5.33 Å². The van der Waals surface area contributed by atoms with Gasteiger partial charge in [-0.2, -0.15) is 0 Å². The summed E-state index contributed by atoms with van der Waals surface area (Å²) in [6.45, 7) is 4.10. The standard InChI is InChI=1S/C10H14BrNO2/c1-9-4-3-6(10(9,2)5-11)7(12-14)8(9)13/h6,14H,3-5H2,1-2H3/b12-7+/t6-,9-,10-/m1/s1. The first-order valence-corrected chi connectivity index (χ1v) is 5.96. The van der Waals surface area contributed by atoms with Crippen LogP contribution in [0.4, 0.5) is 0 Å². The van der Waals surface area contributed by atoms with Crippen LogP contribution in [0.5, 0.6) is 0 Å². The average Bonchev–Trinajstić information content (AvgIpc) is 2.52. The van der Waals surface area contributed by atoms with E-state index < -0.39 is 0 Å². The fourth-order valence-electron chi connectivity index (χ4n) is 3.03. The molecule has 0 aliphatic heterocycles. The van der Waals surface area contributed by atoms with Crippen LogP contribution in [0.3, 0.4) is 0 Å². The van der Waals surface area contributed by atoms with E-state index in [1.807, 2.05) is 6.92 Å². The van der Waals surface area contributed by atoms with E-state index in [0.29, 0.717) is 5.71 Å². The summed E-state index contributed by atoms with van der Waals surface area (Å²) in [5, 5.41) is 12.8. The van der Waals surface area contributed by atoms with Crippen LogP contribution in [-0.4, -0.2) is 22.0 Å². The zero-order chi connectivity index (χ0) is 10.6. The molecule has 2 rings (SSSR count). The van der Waals surface area contributed by atoms with Gasteiger partial charge in [0.15, 0.2) is 5.78 Å². The first-order valence-electron chi connectivity index (χ1n) is 4.84. The molecule has 3 atom stereocenters. The fraction of sp³-hybridized carbons (Fsp3) is 0.800. The third kappa shape index (κ3) is 0.835. The third-order valence-corrected chi connectivity index (χ3v) is 5.58. The second-order valence-corrected chi connectivity index (χ2v) is 5.35. The Hall–Kier alpha value is -0.380. The van der Waals surface area contributed by atoms with Crippen molar-refractivity contribution in [3.8, 4) is 0 Å². The Labute approximate surface area is 91.7 Å². The maximum Gasteiger partial charge on any atom is 0.187 e. The molecule has 14 heavy (non-hydrogen) atoms. The van der Waals surface area contributed by atoms with Gasteiger partial charge in [-0.05, 0) is 18.3 Å². The van der Waals surface area contributed by atoms with Crippen molar-refractivity contribution in [2.24, 2.45) is 21.9 Å². The minimum atomic E-state index is -0.331. The molecular weight excluding hydrogens is 246 g/mol. The molecule has 2 fully saturated rings. The summed E-state index contributed by atoms with van der Waals surface area (Å²) >= 11 is 3.48. The van der Waals surface area contributed by atoms with Crippen molar-refractivity contribution in [3.63, 3.8) is 0 Å². The largest absolute Gasteiger partial charge is 0.411 e. The molecule has 3 nitrogen and oxygen atoms in total. The summed E-state index contributed by atoms with van der Waals surface area (Å²) in [6.07, 6.45) is 1.88. The van der Waals surface area contributed by atoms with E-state index in [-0.39, 0.29) is 22.5 Å². The van der Waals surface area contributed by atoms with Crippen LogP contribution in [-0.2, 0) is 4.79 Å². The fourth-order valence-corrected chi connectivity index (χ4v) is 4.04. The molecular formula is C10H14BrNO2. The summed E-state index contributed by atoms with van der Waals surface area (Å²) in [6, 6.07) is 0. The van der Waals surface area contributed by atoms with Crippen LogP contribution in [0.1, 0.15) is 26.7 Å². The lowest BCUT2D eigenvalue weighted by molar-refractivity contribution is -0.123. The molecule has 2 aliphatic carbocycles. The number of carbonyl (C=O) groups excluding carboxylic acids is 1. The van der Waals surface area contributed by atoms with Crippen molar-refractivity contribution in [1.29, 1.82) is 0 Å². The number of ketones is 1. The monoisotopic (exact) mass is 259 g/mol. The molecule has 0 amide bonds. The third-order valence-electron chi connectivity index (χ3n) is 4.41. The number of alkyl halides is 1. The highest BCUT2D eigenvalue weighted by Crippen LogP contribution is 2.63. The number of carbonyl (C=O) groups is 1. The molecule has 0 spiro atoms. The van der Waals surface area contributed by atoms with Crippen LogP contribution in [0, 0.1) is 16.7 Å². The van der Waals surface area contributed by atoms with Crippen LogP contribution < -0.4 is 0 Å². The second-order valence-electron chi connectivity index (χ2n) is 4.79. The summed E-state index contributed by atoms with van der Waals surface area (Å²) in [5.41, 5.74) is -0.0188. The Bertz CT molecular complexity index is 328. The highest BCUT2D eigenvalue weighted by atomic mass is 79.9. The Balaban J connectivity index is 2.56. The highest BCUT2D eigenvalue weighted by Gasteiger charge is 2.67. The average molecular weight is 260 g/mol. The molecule has 0 aromatic carbocycles. The molecule has 0 unspecified atom stereocenters. The van der Waals surface area contributed by atoms with Gasteiger partial charge in [-0.1, -0.05) is 34.9 Å². The summed E-state index contributed by atoms with van der Waals surface area (Å²) in [5.74, 6) is 0.169. The van der Waals surface area contributed by atoms with E-state index in [4.69, 9.17) is 5.21 Å². The molecule has 0 aromatic rings. The van der Waals surface area contributed by atoms with E-state index in [1.165, 1.54) is 0 Å². The van der Waals surface area contributed by atoms with Crippen LogP contribution >= 0.6 is 15.9 Å². The van der Waals surface area contributed by atoms with Gasteiger partial charge in [-0.3, -0.25) is 4.79 Å². The molecule has 1 N–H and O–H groups in total. The van der Waals surface area contributed by atoms with Gasteiger partial charge in [0, 0.05) is 16.7 Å². The number of nitrogens with zero attached hydrogens (tertiary/aromatic N) is 1. The van der Waals surface area contributed by atoms with Gasteiger partial charge in [0.25, 0.3) is 0 Å². The first kappa shape index (κ1) is 10.1. The first-order chi connectivity index (χ1) is 6.51. The Morgan fingerprint density at radius 2 is 2.29 bits per heavy atom. The number of rotatable bonds is 1. The minimum absolute atomic E-state index is 0.0400. The van der Waals surface area contributed by atoms with Crippen LogP contribution in [0.25, 0.3) is 0 Å². The Morgan fingerprint density at radius 3 is 2.64 bits per heavy atom.